The largest absolute Gasteiger partial charge is 0.366 e. The van der Waals surface area contributed by atoms with Crippen molar-refractivity contribution < 1.29 is 14.0 Å². The van der Waals surface area contributed by atoms with Gasteiger partial charge in [0.05, 0.1) is 18.2 Å². The number of amides is 2. The van der Waals surface area contributed by atoms with Crippen LogP contribution in [0.15, 0.2) is 48.5 Å². The van der Waals surface area contributed by atoms with Crippen molar-refractivity contribution in [3.63, 3.8) is 0 Å². The summed E-state index contributed by atoms with van der Waals surface area (Å²) in [7, 11) is 0. The normalized spacial score (nSPS) is 19.3. The van der Waals surface area contributed by atoms with Crippen molar-refractivity contribution >= 4 is 17.5 Å². The highest BCUT2D eigenvalue weighted by Gasteiger charge is 2.31. The number of rotatable bonds is 3. The van der Waals surface area contributed by atoms with Gasteiger partial charge in [-0.3, -0.25) is 9.59 Å². The zero-order chi connectivity index (χ0) is 18.1. The van der Waals surface area contributed by atoms with Gasteiger partial charge in [-0.25, -0.2) is 4.39 Å². The fraction of sp³-hybridized carbons (Fsp3) is 0.300. The van der Waals surface area contributed by atoms with Crippen LogP contribution in [-0.2, 0) is 4.79 Å². The van der Waals surface area contributed by atoms with Gasteiger partial charge in [0.2, 0.25) is 5.91 Å². The number of anilines is 1. The van der Waals surface area contributed by atoms with E-state index < -0.39 is 0 Å². The van der Waals surface area contributed by atoms with E-state index in [1.165, 1.54) is 6.07 Å². The highest BCUT2D eigenvalue weighted by Crippen LogP contribution is 2.28. The number of hydrogen-bond acceptors (Lipinski definition) is 3. The van der Waals surface area contributed by atoms with Gasteiger partial charge in [-0.2, -0.15) is 0 Å². The summed E-state index contributed by atoms with van der Waals surface area (Å²) in [4.78, 5) is 28.4. The van der Waals surface area contributed by atoms with Crippen molar-refractivity contribution in [3.8, 4) is 0 Å². The molecule has 6 heteroatoms. The molecule has 0 aromatic heterocycles. The molecule has 1 saturated heterocycles. The van der Waals surface area contributed by atoms with Crippen LogP contribution < -0.4 is 10.2 Å². The lowest BCUT2D eigenvalue weighted by Gasteiger charge is -2.36. The Balaban J connectivity index is 1.38. The highest BCUT2D eigenvalue weighted by molar-refractivity contribution is 5.99. The number of nitrogens with one attached hydrogen (secondary N) is 1. The Hall–Kier alpha value is -2.89. The number of hydrogen-bond donors (Lipinski definition) is 1. The summed E-state index contributed by atoms with van der Waals surface area (Å²) in [5.74, 6) is -0.347. The number of nitrogens with zero attached hydrogens (tertiary/aromatic N) is 2. The molecule has 1 N–H and O–H groups in total. The summed E-state index contributed by atoms with van der Waals surface area (Å²) in [5.41, 5.74) is 2.11. The maximum Gasteiger partial charge on any atom is 0.252 e. The maximum absolute atomic E-state index is 13.9. The number of carbonyl (C=O) groups is 2. The molecule has 2 amide bonds. The zero-order valence-corrected chi connectivity index (χ0v) is 14.3. The van der Waals surface area contributed by atoms with E-state index in [0.717, 1.165) is 5.56 Å². The Kier molecular flexibility index (Phi) is 4.32. The lowest BCUT2D eigenvalue weighted by Crippen LogP contribution is -2.49. The molecule has 1 unspecified atom stereocenters. The Morgan fingerprint density at radius 1 is 1.04 bits per heavy atom. The molecule has 1 atom stereocenters. The van der Waals surface area contributed by atoms with Crippen LogP contribution in [0, 0.1) is 5.82 Å². The second-order valence-electron chi connectivity index (χ2n) is 6.64. The first-order valence-corrected chi connectivity index (χ1v) is 8.80. The third-order valence-electron chi connectivity index (χ3n) is 5.09. The van der Waals surface area contributed by atoms with Crippen LogP contribution >= 0.6 is 0 Å². The third kappa shape index (κ3) is 3.03. The van der Waals surface area contributed by atoms with Crippen LogP contribution in [0.3, 0.4) is 0 Å². The van der Waals surface area contributed by atoms with Crippen molar-refractivity contribution in [2.45, 2.75) is 12.5 Å². The van der Waals surface area contributed by atoms with Gasteiger partial charge >= 0.3 is 0 Å². The molecule has 0 radical (unpaired) electrons. The van der Waals surface area contributed by atoms with Gasteiger partial charge in [0.25, 0.3) is 5.91 Å². The van der Waals surface area contributed by atoms with Crippen LogP contribution in [0.1, 0.15) is 28.4 Å². The molecular formula is C20H20FN3O2. The molecule has 4 rings (SSSR count). The van der Waals surface area contributed by atoms with Crippen molar-refractivity contribution in [1.82, 2.24) is 10.2 Å². The topological polar surface area (TPSA) is 52.7 Å². The van der Waals surface area contributed by atoms with E-state index in [0.29, 0.717) is 37.4 Å². The van der Waals surface area contributed by atoms with Crippen molar-refractivity contribution in [1.29, 1.82) is 0 Å². The predicted molar refractivity (Wildman–Crippen MR) is 96.5 cm³/mol. The van der Waals surface area contributed by atoms with E-state index >= 15 is 0 Å². The maximum atomic E-state index is 13.9. The Morgan fingerprint density at radius 3 is 2.50 bits per heavy atom. The van der Waals surface area contributed by atoms with E-state index in [9.17, 15) is 14.0 Å². The lowest BCUT2D eigenvalue weighted by molar-refractivity contribution is -0.132. The van der Waals surface area contributed by atoms with Crippen molar-refractivity contribution in [3.05, 3.63) is 65.5 Å². The van der Waals surface area contributed by atoms with Gasteiger partial charge in [0.15, 0.2) is 0 Å². The molecule has 0 aliphatic carbocycles. The van der Waals surface area contributed by atoms with Crippen LogP contribution in [-0.4, -0.2) is 42.9 Å². The predicted octanol–water partition coefficient (Wildman–Crippen LogP) is 2.35. The number of halogens is 1. The molecule has 2 aromatic carbocycles. The monoisotopic (exact) mass is 353 g/mol. The molecule has 2 heterocycles. The molecule has 0 saturated carbocycles. The summed E-state index contributed by atoms with van der Waals surface area (Å²) in [6, 6.07) is 13.8. The smallest absolute Gasteiger partial charge is 0.252 e. The van der Waals surface area contributed by atoms with Gasteiger partial charge in [-0.1, -0.05) is 30.3 Å². The fourth-order valence-corrected chi connectivity index (χ4v) is 3.69. The van der Waals surface area contributed by atoms with Gasteiger partial charge in [0.1, 0.15) is 5.82 Å². The Morgan fingerprint density at radius 2 is 1.73 bits per heavy atom. The molecule has 0 bridgehead atoms. The fourth-order valence-electron chi connectivity index (χ4n) is 3.69. The van der Waals surface area contributed by atoms with Gasteiger partial charge < -0.3 is 15.1 Å². The molecular weight excluding hydrogens is 333 g/mol. The summed E-state index contributed by atoms with van der Waals surface area (Å²) in [6.07, 6.45) is 0.252. The van der Waals surface area contributed by atoms with E-state index in [1.807, 2.05) is 29.2 Å². The highest BCUT2D eigenvalue weighted by atomic mass is 19.1. The van der Waals surface area contributed by atoms with Crippen LogP contribution in [0.5, 0.6) is 0 Å². The molecule has 2 aliphatic rings. The first-order chi connectivity index (χ1) is 12.6. The van der Waals surface area contributed by atoms with Crippen molar-refractivity contribution in [2.75, 3.05) is 31.1 Å². The first-order valence-electron chi connectivity index (χ1n) is 8.80. The average Bonchev–Trinajstić information content (AvgIpc) is 2.98. The molecule has 5 nitrogen and oxygen atoms in total. The summed E-state index contributed by atoms with van der Waals surface area (Å²) in [5, 5.41) is 2.88. The number of carbonyl (C=O) groups excluding carboxylic acids is 2. The minimum absolute atomic E-state index is 0.0141. The molecule has 1 fully saturated rings. The average molecular weight is 353 g/mol. The van der Waals surface area contributed by atoms with Gasteiger partial charge in [-0.15, -0.1) is 0 Å². The minimum atomic E-state index is -0.268. The standard InChI is InChI=1S/C20H20FN3O2/c21-16-7-3-4-8-18(16)23-9-11-24(12-10-23)19(25)13-17-14-5-1-2-6-15(14)20(26)22-17/h1-8,17H,9-13H2,(H,22,26). The zero-order valence-electron chi connectivity index (χ0n) is 14.3. The van der Waals surface area contributed by atoms with Crippen LogP contribution in [0.25, 0.3) is 0 Å². The van der Waals surface area contributed by atoms with Crippen LogP contribution in [0.4, 0.5) is 10.1 Å². The van der Waals surface area contributed by atoms with Gasteiger partial charge in [-0.05, 0) is 23.8 Å². The van der Waals surface area contributed by atoms with E-state index in [4.69, 9.17) is 0 Å². The van der Waals surface area contributed by atoms with E-state index in [1.54, 1.807) is 23.1 Å². The summed E-state index contributed by atoms with van der Waals surface area (Å²) in [6.45, 7) is 2.30. The van der Waals surface area contributed by atoms with E-state index in [-0.39, 0.29) is 30.1 Å². The number of piperazine rings is 1. The molecule has 2 aromatic rings. The number of para-hydroxylation sites is 1. The summed E-state index contributed by atoms with van der Waals surface area (Å²) >= 11 is 0. The quantitative estimate of drug-likeness (QED) is 0.922. The second kappa shape index (κ2) is 6.78. The van der Waals surface area contributed by atoms with Gasteiger partial charge in [0, 0.05) is 31.7 Å². The first kappa shape index (κ1) is 16.6. The molecule has 0 spiro atoms. The Labute approximate surface area is 151 Å². The number of fused-ring (bicyclic) bond motifs is 1. The van der Waals surface area contributed by atoms with E-state index in [2.05, 4.69) is 5.32 Å². The number of benzene rings is 2. The SMILES string of the molecule is O=C1NC(CC(=O)N2CCN(c3ccccc3F)CC2)c2ccccc21. The Bertz CT molecular complexity index is 846. The van der Waals surface area contributed by atoms with Crippen molar-refractivity contribution in [2.24, 2.45) is 0 Å². The summed E-state index contributed by atoms with van der Waals surface area (Å²) < 4.78 is 13.9. The molecule has 2 aliphatic heterocycles. The second-order valence-corrected chi connectivity index (χ2v) is 6.64. The molecule has 26 heavy (non-hydrogen) atoms. The minimum Gasteiger partial charge on any atom is -0.366 e. The van der Waals surface area contributed by atoms with Crippen LogP contribution in [0.2, 0.25) is 0 Å². The molecule has 134 valence electrons. The third-order valence-corrected chi connectivity index (χ3v) is 5.09. The lowest BCUT2D eigenvalue weighted by atomic mass is 10.0.